The molecule has 0 bridgehead atoms. The summed E-state index contributed by atoms with van der Waals surface area (Å²) in [5.74, 6) is -0.999. The summed E-state index contributed by atoms with van der Waals surface area (Å²) >= 11 is 0. The molecule has 1 atom stereocenters. The summed E-state index contributed by atoms with van der Waals surface area (Å²) in [7, 11) is 0. The minimum atomic E-state index is -0.822. The molecule has 0 spiro atoms. The van der Waals surface area contributed by atoms with Crippen LogP contribution in [0, 0.1) is 0 Å². The summed E-state index contributed by atoms with van der Waals surface area (Å²) in [6, 6.07) is 0. The first-order valence-electron chi connectivity index (χ1n) is 31.0. The van der Waals surface area contributed by atoms with E-state index in [1.165, 1.54) is 116 Å². The van der Waals surface area contributed by atoms with Crippen molar-refractivity contribution >= 4 is 17.9 Å². The van der Waals surface area contributed by atoms with Gasteiger partial charge in [0.15, 0.2) is 6.10 Å². The lowest BCUT2D eigenvalue weighted by Gasteiger charge is -2.18. The van der Waals surface area contributed by atoms with Crippen molar-refractivity contribution < 1.29 is 28.6 Å². The average molecular weight is 1040 g/mol. The monoisotopic (exact) mass is 1040 g/mol. The Morgan fingerprint density at radius 3 is 0.867 bits per heavy atom. The van der Waals surface area contributed by atoms with Gasteiger partial charge in [-0.05, 0) is 103 Å². The zero-order chi connectivity index (χ0) is 54.3. The van der Waals surface area contributed by atoms with Crippen LogP contribution in [0.2, 0.25) is 0 Å². The quantitative estimate of drug-likeness (QED) is 0.0261. The summed E-state index contributed by atoms with van der Waals surface area (Å²) in [5.41, 5.74) is 0. The molecule has 0 aromatic rings. The van der Waals surface area contributed by atoms with Gasteiger partial charge in [0, 0.05) is 19.3 Å². The Hall–Kier alpha value is -4.19. The molecule has 75 heavy (non-hydrogen) atoms. The van der Waals surface area contributed by atoms with E-state index >= 15 is 0 Å². The highest BCUT2D eigenvalue weighted by Crippen LogP contribution is 2.16. The van der Waals surface area contributed by atoms with Crippen LogP contribution in [0.4, 0.5) is 0 Å². The number of hydrogen-bond acceptors (Lipinski definition) is 6. The molecule has 0 aliphatic carbocycles. The van der Waals surface area contributed by atoms with Crippen LogP contribution in [0.15, 0.2) is 122 Å². The second kappa shape index (κ2) is 62.4. The van der Waals surface area contributed by atoms with E-state index in [0.29, 0.717) is 19.3 Å². The Balaban J connectivity index is 4.49. The van der Waals surface area contributed by atoms with Gasteiger partial charge in [-0.1, -0.05) is 277 Å². The Labute approximate surface area is 462 Å². The van der Waals surface area contributed by atoms with Gasteiger partial charge in [0.25, 0.3) is 0 Å². The first-order valence-corrected chi connectivity index (χ1v) is 31.0. The van der Waals surface area contributed by atoms with Crippen LogP contribution in [-0.4, -0.2) is 37.2 Å². The molecule has 0 aliphatic rings. The van der Waals surface area contributed by atoms with E-state index in [1.807, 2.05) is 0 Å². The molecule has 6 heteroatoms. The van der Waals surface area contributed by atoms with Crippen molar-refractivity contribution in [3.05, 3.63) is 122 Å². The van der Waals surface area contributed by atoms with Gasteiger partial charge in [-0.25, -0.2) is 0 Å². The second-order valence-electron chi connectivity index (χ2n) is 20.2. The van der Waals surface area contributed by atoms with Crippen LogP contribution >= 0.6 is 0 Å². The summed E-state index contributed by atoms with van der Waals surface area (Å²) in [6.07, 6.45) is 86.4. The molecule has 0 radical (unpaired) electrons. The lowest BCUT2D eigenvalue weighted by atomic mass is 10.0. The predicted octanol–water partition coefficient (Wildman–Crippen LogP) is 21.2. The van der Waals surface area contributed by atoms with Crippen LogP contribution in [0.5, 0.6) is 0 Å². The van der Waals surface area contributed by atoms with E-state index < -0.39 is 6.10 Å². The van der Waals surface area contributed by atoms with E-state index in [9.17, 15) is 14.4 Å². The van der Waals surface area contributed by atoms with Crippen molar-refractivity contribution in [3.63, 3.8) is 0 Å². The molecule has 0 N–H and O–H groups in total. The first-order chi connectivity index (χ1) is 37.0. The van der Waals surface area contributed by atoms with Gasteiger partial charge >= 0.3 is 17.9 Å². The van der Waals surface area contributed by atoms with E-state index in [0.717, 1.165) is 109 Å². The molecule has 6 nitrogen and oxygen atoms in total. The SMILES string of the molecule is CC/C=C\C/C=C\C/C=C\C/C=C\C/C=C\CCCCCC(=O)OC(COC(=O)CCC/C=C\C/C=C\C/C=C\C/C=C\C/C=C\CC)COC(=O)CCCCCCCCCCCCCCCCCCCCCCC. The molecule has 0 amide bonds. The van der Waals surface area contributed by atoms with Crippen molar-refractivity contribution in [2.45, 2.75) is 284 Å². The maximum Gasteiger partial charge on any atom is 0.306 e. The van der Waals surface area contributed by atoms with Crippen LogP contribution in [0.3, 0.4) is 0 Å². The van der Waals surface area contributed by atoms with Crippen molar-refractivity contribution in [1.82, 2.24) is 0 Å². The smallest absolute Gasteiger partial charge is 0.306 e. The molecule has 0 aliphatic heterocycles. The third kappa shape index (κ3) is 60.6. The maximum atomic E-state index is 12.9. The number of ether oxygens (including phenoxy) is 3. The largest absolute Gasteiger partial charge is 0.462 e. The highest BCUT2D eigenvalue weighted by atomic mass is 16.6. The van der Waals surface area contributed by atoms with Crippen LogP contribution in [-0.2, 0) is 28.6 Å². The van der Waals surface area contributed by atoms with Crippen molar-refractivity contribution in [2.75, 3.05) is 13.2 Å². The van der Waals surface area contributed by atoms with Crippen LogP contribution < -0.4 is 0 Å². The van der Waals surface area contributed by atoms with Gasteiger partial charge in [0.1, 0.15) is 13.2 Å². The zero-order valence-corrected chi connectivity index (χ0v) is 48.8. The summed E-state index contributed by atoms with van der Waals surface area (Å²) < 4.78 is 16.8. The van der Waals surface area contributed by atoms with E-state index in [-0.39, 0.29) is 44.0 Å². The molecule has 426 valence electrons. The molecule has 0 saturated carbocycles. The molecule has 0 heterocycles. The Kier molecular flexibility index (Phi) is 58.9. The molecule has 0 aromatic heterocycles. The fraction of sp³-hybridized carbons (Fsp3) is 0.667. The molecule has 1 unspecified atom stereocenters. The average Bonchev–Trinajstić information content (AvgIpc) is 3.41. The van der Waals surface area contributed by atoms with Crippen LogP contribution in [0.1, 0.15) is 278 Å². The molecule has 0 saturated heterocycles. The molecular formula is C69H114O6. The normalized spacial score (nSPS) is 12.9. The van der Waals surface area contributed by atoms with Crippen molar-refractivity contribution in [2.24, 2.45) is 0 Å². The van der Waals surface area contributed by atoms with Gasteiger partial charge < -0.3 is 14.2 Å². The number of allylic oxidation sites excluding steroid dienone is 20. The Morgan fingerprint density at radius 1 is 0.280 bits per heavy atom. The van der Waals surface area contributed by atoms with Crippen molar-refractivity contribution in [1.29, 1.82) is 0 Å². The molecule has 0 fully saturated rings. The molecule has 0 rings (SSSR count). The third-order valence-corrected chi connectivity index (χ3v) is 13.0. The van der Waals surface area contributed by atoms with Gasteiger partial charge in [-0.2, -0.15) is 0 Å². The number of carbonyl (C=O) groups is 3. The van der Waals surface area contributed by atoms with Gasteiger partial charge in [-0.15, -0.1) is 0 Å². The van der Waals surface area contributed by atoms with Crippen LogP contribution in [0.25, 0.3) is 0 Å². The first kappa shape index (κ1) is 70.8. The predicted molar refractivity (Wildman–Crippen MR) is 325 cm³/mol. The topological polar surface area (TPSA) is 78.9 Å². The number of carbonyl (C=O) groups excluding carboxylic acids is 3. The molecule has 0 aromatic carbocycles. The fourth-order valence-corrected chi connectivity index (χ4v) is 8.39. The summed E-state index contributed by atoms with van der Waals surface area (Å²) in [5, 5.41) is 0. The Bertz CT molecular complexity index is 1570. The maximum absolute atomic E-state index is 12.9. The minimum absolute atomic E-state index is 0.110. The van der Waals surface area contributed by atoms with E-state index in [2.05, 4.69) is 142 Å². The highest BCUT2D eigenvalue weighted by molar-refractivity contribution is 5.71. The summed E-state index contributed by atoms with van der Waals surface area (Å²) in [4.78, 5) is 38.3. The second-order valence-corrected chi connectivity index (χ2v) is 20.2. The van der Waals surface area contributed by atoms with Gasteiger partial charge in [0.2, 0.25) is 0 Å². The standard InChI is InChI=1S/C69H114O6/c1-4-7-10-13-16-19-22-25-28-31-33-34-36-38-41-44-47-50-53-56-59-62-68(71)74-65-66(64-73-67(70)61-58-55-52-49-46-43-40-37-30-27-24-21-18-15-12-9-6-3)75-69(72)63-60-57-54-51-48-45-42-39-35-32-29-26-23-20-17-14-11-8-5-2/h8-9,11-12,17-18,20-21,26-27,29-30,35,39-40,43,45,48-49,52,66H,4-7,10,13-16,19,22-25,28,31-34,36-38,41-42,44,46-47,50-51,53-65H2,1-3H3/b11-8-,12-9-,20-17-,21-18-,29-26-,30-27-,39-35-,43-40-,48-45-,52-49-. The fourth-order valence-electron chi connectivity index (χ4n) is 8.39. The number of rotatable bonds is 55. The number of unbranched alkanes of at least 4 members (excludes halogenated alkanes) is 24. The van der Waals surface area contributed by atoms with E-state index in [4.69, 9.17) is 14.2 Å². The Morgan fingerprint density at radius 2 is 0.533 bits per heavy atom. The number of esters is 3. The minimum Gasteiger partial charge on any atom is -0.462 e. The van der Waals surface area contributed by atoms with Gasteiger partial charge in [0.05, 0.1) is 0 Å². The zero-order valence-electron chi connectivity index (χ0n) is 48.8. The summed E-state index contributed by atoms with van der Waals surface area (Å²) in [6.45, 7) is 6.36. The van der Waals surface area contributed by atoms with E-state index in [1.54, 1.807) is 0 Å². The lowest BCUT2D eigenvalue weighted by molar-refractivity contribution is -0.167. The third-order valence-electron chi connectivity index (χ3n) is 13.0. The molecular weight excluding hydrogens is 925 g/mol. The lowest BCUT2D eigenvalue weighted by Crippen LogP contribution is -2.30. The van der Waals surface area contributed by atoms with Gasteiger partial charge in [-0.3, -0.25) is 14.4 Å². The van der Waals surface area contributed by atoms with Crippen molar-refractivity contribution in [3.8, 4) is 0 Å². The number of hydrogen-bond donors (Lipinski definition) is 0. The highest BCUT2D eigenvalue weighted by Gasteiger charge is 2.19.